The molecule has 27 heavy (non-hydrogen) atoms. The molecule has 4 rings (SSSR count). The molecule has 3 aromatic rings. The van der Waals surface area contributed by atoms with Gasteiger partial charge in [-0.3, -0.25) is 4.79 Å². The van der Waals surface area contributed by atoms with Crippen molar-refractivity contribution in [3.8, 4) is 11.6 Å². The topological polar surface area (TPSA) is 42.4 Å². The van der Waals surface area contributed by atoms with Gasteiger partial charge < -0.3 is 9.64 Å². The zero-order chi connectivity index (χ0) is 18.8. The molecular formula is C21H16Cl2N2O2. The summed E-state index contributed by atoms with van der Waals surface area (Å²) in [7, 11) is 0. The molecule has 0 atom stereocenters. The van der Waals surface area contributed by atoms with Gasteiger partial charge in [0.1, 0.15) is 11.3 Å². The van der Waals surface area contributed by atoms with Crippen LogP contribution >= 0.6 is 23.2 Å². The number of ether oxygens (including phenoxy) is 1. The molecule has 2 heterocycles. The maximum atomic E-state index is 13.3. The largest absolute Gasteiger partial charge is 0.438 e. The van der Waals surface area contributed by atoms with E-state index in [0.29, 0.717) is 27.9 Å². The third-order valence-corrected chi connectivity index (χ3v) is 5.20. The number of aryl methyl sites for hydroxylation is 1. The van der Waals surface area contributed by atoms with Gasteiger partial charge in [-0.1, -0.05) is 41.4 Å². The molecule has 0 fully saturated rings. The van der Waals surface area contributed by atoms with E-state index in [9.17, 15) is 4.79 Å². The Kier molecular flexibility index (Phi) is 5.01. The zero-order valence-electron chi connectivity index (χ0n) is 14.4. The number of aromatic nitrogens is 1. The van der Waals surface area contributed by atoms with Crippen LogP contribution in [0.25, 0.3) is 0 Å². The smallest absolute Gasteiger partial charge is 0.263 e. The number of nitrogens with zero attached hydrogens (tertiary/aromatic N) is 2. The number of anilines is 1. The molecule has 6 heteroatoms. The summed E-state index contributed by atoms with van der Waals surface area (Å²) in [5, 5.41) is 0.814. The van der Waals surface area contributed by atoms with E-state index < -0.39 is 0 Å². The Labute approximate surface area is 167 Å². The van der Waals surface area contributed by atoms with Gasteiger partial charge in [0.05, 0.1) is 10.0 Å². The summed E-state index contributed by atoms with van der Waals surface area (Å²) in [6, 6.07) is 16.4. The van der Waals surface area contributed by atoms with Crippen molar-refractivity contribution in [1.29, 1.82) is 0 Å². The van der Waals surface area contributed by atoms with Crippen molar-refractivity contribution >= 4 is 34.8 Å². The Morgan fingerprint density at radius 3 is 2.74 bits per heavy atom. The van der Waals surface area contributed by atoms with Gasteiger partial charge in [-0.2, -0.15) is 0 Å². The van der Waals surface area contributed by atoms with E-state index in [-0.39, 0.29) is 11.8 Å². The van der Waals surface area contributed by atoms with E-state index >= 15 is 0 Å². The molecule has 0 spiro atoms. The predicted octanol–water partition coefficient (Wildman–Crippen LogP) is 5.77. The van der Waals surface area contributed by atoms with Crippen LogP contribution in [0, 0.1) is 0 Å². The normalized spacial score (nSPS) is 13.2. The summed E-state index contributed by atoms with van der Waals surface area (Å²) in [6.07, 6.45) is 3.49. The second-order valence-electron chi connectivity index (χ2n) is 6.22. The summed E-state index contributed by atoms with van der Waals surface area (Å²) in [5.41, 5.74) is 2.52. The number of amides is 1. The predicted molar refractivity (Wildman–Crippen MR) is 107 cm³/mol. The molecule has 0 saturated carbocycles. The van der Waals surface area contributed by atoms with Gasteiger partial charge in [0.15, 0.2) is 0 Å². The van der Waals surface area contributed by atoms with E-state index in [2.05, 4.69) is 11.1 Å². The van der Waals surface area contributed by atoms with Crippen molar-refractivity contribution in [3.05, 3.63) is 82.0 Å². The third kappa shape index (κ3) is 3.64. The Morgan fingerprint density at radius 1 is 1.04 bits per heavy atom. The fourth-order valence-corrected chi connectivity index (χ4v) is 3.46. The van der Waals surface area contributed by atoms with Gasteiger partial charge in [-0.15, -0.1) is 0 Å². The average Bonchev–Trinajstić information content (AvgIpc) is 2.70. The molecular weight excluding hydrogens is 383 g/mol. The first-order valence-corrected chi connectivity index (χ1v) is 9.37. The SMILES string of the molecule is O=C(c1cccnc1Oc1ccc(Cl)c(Cl)c1)N1CCCc2ccccc21. The van der Waals surface area contributed by atoms with E-state index in [1.807, 2.05) is 18.2 Å². The average molecular weight is 399 g/mol. The highest BCUT2D eigenvalue weighted by molar-refractivity contribution is 6.42. The molecule has 1 aliphatic rings. The van der Waals surface area contributed by atoms with Crippen LogP contribution in [0.4, 0.5) is 5.69 Å². The molecule has 1 aliphatic heterocycles. The standard InChI is InChI=1S/C21H16Cl2N2O2/c22-17-10-9-15(13-18(17)23)27-20-16(7-3-11-24-20)21(26)25-12-4-6-14-5-1-2-8-19(14)25/h1-3,5,7-11,13H,4,6,12H2. The lowest BCUT2D eigenvalue weighted by atomic mass is 10.0. The lowest BCUT2D eigenvalue weighted by Gasteiger charge is -2.29. The molecule has 0 unspecified atom stereocenters. The molecule has 0 bridgehead atoms. The first kappa shape index (κ1) is 17.8. The molecule has 1 aromatic heterocycles. The number of rotatable bonds is 3. The summed E-state index contributed by atoms with van der Waals surface area (Å²) < 4.78 is 5.84. The van der Waals surface area contributed by atoms with Crippen LogP contribution in [-0.4, -0.2) is 17.4 Å². The van der Waals surface area contributed by atoms with Crippen LogP contribution in [0.1, 0.15) is 22.3 Å². The number of pyridine rings is 1. The number of para-hydroxylation sites is 1. The first-order valence-electron chi connectivity index (χ1n) is 8.61. The summed E-state index contributed by atoms with van der Waals surface area (Å²) >= 11 is 12.0. The number of hydrogen-bond donors (Lipinski definition) is 0. The number of halogens is 2. The fraction of sp³-hybridized carbons (Fsp3) is 0.143. The Bertz CT molecular complexity index is 1010. The quantitative estimate of drug-likeness (QED) is 0.561. The summed E-state index contributed by atoms with van der Waals surface area (Å²) in [4.78, 5) is 19.3. The molecule has 136 valence electrons. The minimum absolute atomic E-state index is 0.134. The first-order chi connectivity index (χ1) is 13.1. The fourth-order valence-electron chi connectivity index (χ4n) is 3.18. The molecule has 4 nitrogen and oxygen atoms in total. The van der Waals surface area contributed by atoms with Crippen LogP contribution in [0.2, 0.25) is 10.0 Å². The van der Waals surface area contributed by atoms with Crippen LogP contribution < -0.4 is 9.64 Å². The highest BCUT2D eigenvalue weighted by Crippen LogP contribution is 2.32. The lowest BCUT2D eigenvalue weighted by Crippen LogP contribution is -2.35. The summed E-state index contributed by atoms with van der Waals surface area (Å²) in [6.45, 7) is 0.664. The van der Waals surface area contributed by atoms with Crippen LogP contribution in [0.15, 0.2) is 60.8 Å². The van der Waals surface area contributed by atoms with Crippen molar-refractivity contribution in [2.75, 3.05) is 11.4 Å². The highest BCUT2D eigenvalue weighted by Gasteiger charge is 2.26. The molecule has 0 N–H and O–H groups in total. The van der Waals surface area contributed by atoms with Gasteiger partial charge in [0, 0.05) is 24.5 Å². The van der Waals surface area contributed by atoms with Crippen molar-refractivity contribution in [3.63, 3.8) is 0 Å². The number of hydrogen-bond acceptors (Lipinski definition) is 3. The highest BCUT2D eigenvalue weighted by atomic mass is 35.5. The molecule has 2 aromatic carbocycles. The molecule has 0 radical (unpaired) electrons. The van der Waals surface area contributed by atoms with E-state index in [0.717, 1.165) is 18.5 Å². The maximum absolute atomic E-state index is 13.3. The van der Waals surface area contributed by atoms with Gasteiger partial charge in [-0.25, -0.2) is 4.98 Å². The minimum Gasteiger partial charge on any atom is -0.438 e. The summed E-state index contributed by atoms with van der Waals surface area (Å²) in [5.74, 6) is 0.574. The van der Waals surface area contributed by atoms with E-state index in [4.69, 9.17) is 27.9 Å². The van der Waals surface area contributed by atoms with E-state index in [1.165, 1.54) is 5.56 Å². The van der Waals surface area contributed by atoms with Gasteiger partial charge in [0.25, 0.3) is 5.91 Å². The van der Waals surface area contributed by atoms with E-state index in [1.54, 1.807) is 41.4 Å². The number of fused-ring (bicyclic) bond motifs is 1. The molecule has 0 saturated heterocycles. The minimum atomic E-state index is -0.134. The molecule has 0 aliphatic carbocycles. The Balaban J connectivity index is 1.67. The lowest BCUT2D eigenvalue weighted by molar-refractivity contribution is 0.0982. The van der Waals surface area contributed by atoms with Crippen LogP contribution in [0.3, 0.4) is 0 Å². The third-order valence-electron chi connectivity index (χ3n) is 4.46. The van der Waals surface area contributed by atoms with Gasteiger partial charge >= 0.3 is 0 Å². The second-order valence-corrected chi connectivity index (χ2v) is 7.04. The zero-order valence-corrected chi connectivity index (χ0v) is 15.9. The number of benzene rings is 2. The second kappa shape index (κ2) is 7.59. The van der Waals surface area contributed by atoms with Gasteiger partial charge in [0.2, 0.25) is 5.88 Å². The van der Waals surface area contributed by atoms with Crippen LogP contribution in [0.5, 0.6) is 11.6 Å². The van der Waals surface area contributed by atoms with Crippen molar-refractivity contribution < 1.29 is 9.53 Å². The number of carbonyl (C=O) groups excluding carboxylic acids is 1. The number of carbonyl (C=O) groups is 1. The van der Waals surface area contributed by atoms with Crippen LogP contribution in [-0.2, 0) is 6.42 Å². The Morgan fingerprint density at radius 2 is 1.89 bits per heavy atom. The van der Waals surface area contributed by atoms with Crippen molar-refractivity contribution in [2.24, 2.45) is 0 Å². The molecule has 1 amide bonds. The monoisotopic (exact) mass is 398 g/mol. The Hall–Kier alpha value is -2.56. The van der Waals surface area contributed by atoms with Gasteiger partial charge in [-0.05, 0) is 48.7 Å². The van der Waals surface area contributed by atoms with Crippen molar-refractivity contribution in [2.45, 2.75) is 12.8 Å². The van der Waals surface area contributed by atoms with Crippen molar-refractivity contribution in [1.82, 2.24) is 4.98 Å². The maximum Gasteiger partial charge on any atom is 0.263 e.